The number of unbranched alkanes of at least 4 members (excludes halogenated alkanes) is 15. The average molecular weight is 631 g/mol. The number of nitrogens with zero attached hydrogens (tertiary/aromatic N) is 2. The fraction of sp³-hybridized carbons (Fsp3) is 1.00. The van der Waals surface area contributed by atoms with Crippen LogP contribution in [0.3, 0.4) is 0 Å². The van der Waals surface area contributed by atoms with Gasteiger partial charge in [0, 0.05) is 52.0 Å². The quantitative estimate of drug-likeness (QED) is 0.0582. The lowest BCUT2D eigenvalue weighted by Gasteiger charge is -2.41. The summed E-state index contributed by atoms with van der Waals surface area (Å²) in [5.41, 5.74) is 0. The van der Waals surface area contributed by atoms with E-state index in [9.17, 15) is 0 Å². The highest BCUT2D eigenvalue weighted by Gasteiger charge is 2.40. The van der Waals surface area contributed by atoms with Gasteiger partial charge in [0.2, 0.25) is 0 Å². The molecule has 0 aliphatic carbocycles. The molecule has 0 aromatic heterocycles. The zero-order chi connectivity index (χ0) is 30.8. The highest BCUT2D eigenvalue weighted by molar-refractivity contribution is 6.73. The topological polar surface area (TPSA) is 43.4 Å². The highest BCUT2D eigenvalue weighted by atomic mass is 28.4. The van der Waals surface area contributed by atoms with Gasteiger partial charge in [-0.25, -0.2) is 0 Å². The molecule has 8 heteroatoms. The SMILES string of the molecule is CCCCCCCCCCCCCCCCCCOCCO[Si](CCCN1CCN([Si](C)(C)C)CC1)(OCC)OCC. The second-order valence-corrected chi connectivity index (χ2v) is 21.1. The zero-order valence-electron chi connectivity index (χ0n) is 29.3. The Morgan fingerprint density at radius 3 is 1.43 bits per heavy atom. The zero-order valence-corrected chi connectivity index (χ0v) is 31.3. The first-order valence-electron chi connectivity index (χ1n) is 18.3. The van der Waals surface area contributed by atoms with Crippen LogP contribution in [0.25, 0.3) is 0 Å². The summed E-state index contributed by atoms with van der Waals surface area (Å²) >= 11 is 0. The largest absolute Gasteiger partial charge is 0.501 e. The molecular weight excluding hydrogens is 557 g/mol. The maximum Gasteiger partial charge on any atom is 0.501 e. The molecule has 1 heterocycles. The van der Waals surface area contributed by atoms with Crippen molar-refractivity contribution in [1.82, 2.24) is 9.47 Å². The molecule has 0 N–H and O–H groups in total. The first-order chi connectivity index (χ1) is 20.4. The molecule has 1 aliphatic rings. The van der Waals surface area contributed by atoms with E-state index in [-0.39, 0.29) is 0 Å². The van der Waals surface area contributed by atoms with Gasteiger partial charge in [-0.2, -0.15) is 0 Å². The van der Waals surface area contributed by atoms with Gasteiger partial charge in [0.25, 0.3) is 0 Å². The van der Waals surface area contributed by atoms with E-state index in [1.807, 2.05) is 13.8 Å². The van der Waals surface area contributed by atoms with Gasteiger partial charge in [0.05, 0.1) is 13.2 Å². The molecule has 0 bridgehead atoms. The van der Waals surface area contributed by atoms with Crippen LogP contribution in [0.15, 0.2) is 0 Å². The van der Waals surface area contributed by atoms with Crippen molar-refractivity contribution in [1.29, 1.82) is 0 Å². The normalized spacial score (nSPS) is 15.6. The van der Waals surface area contributed by atoms with Crippen LogP contribution in [0, 0.1) is 0 Å². The fourth-order valence-electron chi connectivity index (χ4n) is 6.05. The minimum absolute atomic E-state index is 0.569. The number of hydrogen-bond acceptors (Lipinski definition) is 6. The van der Waals surface area contributed by atoms with E-state index < -0.39 is 17.0 Å². The van der Waals surface area contributed by atoms with Crippen LogP contribution in [0.4, 0.5) is 0 Å². The summed E-state index contributed by atoms with van der Waals surface area (Å²) in [6.07, 6.45) is 23.4. The van der Waals surface area contributed by atoms with Gasteiger partial charge in [0.15, 0.2) is 0 Å². The minimum Gasteiger partial charge on any atom is -0.379 e. The van der Waals surface area contributed by atoms with Gasteiger partial charge in [-0.1, -0.05) is 123 Å². The lowest BCUT2D eigenvalue weighted by Crippen LogP contribution is -2.56. The first-order valence-corrected chi connectivity index (χ1v) is 23.7. The van der Waals surface area contributed by atoms with Crippen LogP contribution in [-0.2, 0) is 18.0 Å². The van der Waals surface area contributed by atoms with E-state index in [4.69, 9.17) is 18.0 Å². The molecule has 1 saturated heterocycles. The lowest BCUT2D eigenvalue weighted by molar-refractivity contribution is 0.0323. The summed E-state index contributed by atoms with van der Waals surface area (Å²) < 4.78 is 27.3. The van der Waals surface area contributed by atoms with Gasteiger partial charge in [-0.05, 0) is 33.2 Å². The smallest absolute Gasteiger partial charge is 0.379 e. The second kappa shape index (κ2) is 26.4. The third kappa shape index (κ3) is 21.0. The van der Waals surface area contributed by atoms with E-state index in [1.54, 1.807) is 0 Å². The maximum atomic E-state index is 6.34. The van der Waals surface area contributed by atoms with Crippen LogP contribution < -0.4 is 0 Å². The first kappa shape index (κ1) is 40.2. The van der Waals surface area contributed by atoms with Crippen molar-refractivity contribution in [3.63, 3.8) is 0 Å². The van der Waals surface area contributed by atoms with E-state index in [0.717, 1.165) is 32.0 Å². The molecule has 1 rings (SSSR count). The molecule has 1 aliphatic heterocycles. The number of piperazine rings is 1. The molecule has 1 fully saturated rings. The van der Waals surface area contributed by atoms with Crippen LogP contribution in [0.5, 0.6) is 0 Å². The molecule has 0 unspecified atom stereocenters. The Balaban J connectivity index is 2.03. The Labute approximate surface area is 265 Å². The van der Waals surface area contributed by atoms with Crippen LogP contribution >= 0.6 is 0 Å². The molecule has 0 amide bonds. The maximum absolute atomic E-state index is 6.34. The Bertz CT molecular complexity index is 580. The molecule has 0 spiro atoms. The summed E-state index contributed by atoms with van der Waals surface area (Å²) in [6.45, 7) is 23.0. The predicted molar refractivity (Wildman–Crippen MR) is 186 cm³/mol. The van der Waals surface area contributed by atoms with Crippen LogP contribution in [0.2, 0.25) is 25.7 Å². The summed E-state index contributed by atoms with van der Waals surface area (Å²) in [5.74, 6) is 0. The molecule has 0 radical (unpaired) electrons. The minimum atomic E-state index is -2.65. The molecule has 42 heavy (non-hydrogen) atoms. The van der Waals surface area contributed by atoms with Gasteiger partial charge < -0.3 is 27.5 Å². The van der Waals surface area contributed by atoms with E-state index in [2.05, 4.69) is 36.0 Å². The van der Waals surface area contributed by atoms with Gasteiger partial charge in [0.1, 0.15) is 8.24 Å². The molecule has 0 atom stereocenters. The van der Waals surface area contributed by atoms with Crippen molar-refractivity contribution < 1.29 is 18.0 Å². The van der Waals surface area contributed by atoms with E-state index in [0.29, 0.717) is 26.4 Å². The van der Waals surface area contributed by atoms with Crippen molar-refractivity contribution in [2.45, 2.75) is 156 Å². The van der Waals surface area contributed by atoms with Crippen molar-refractivity contribution >= 4 is 17.0 Å². The molecule has 0 aromatic rings. The van der Waals surface area contributed by atoms with Crippen molar-refractivity contribution in [3.8, 4) is 0 Å². The third-order valence-corrected chi connectivity index (χ3v) is 14.1. The Morgan fingerprint density at radius 1 is 0.500 bits per heavy atom. The monoisotopic (exact) mass is 631 g/mol. The molecule has 0 saturated carbocycles. The van der Waals surface area contributed by atoms with E-state index >= 15 is 0 Å². The second-order valence-electron chi connectivity index (χ2n) is 13.4. The van der Waals surface area contributed by atoms with Crippen LogP contribution in [-0.4, -0.2) is 92.3 Å². The summed E-state index contributed by atoms with van der Waals surface area (Å²) in [7, 11) is -3.82. The van der Waals surface area contributed by atoms with Gasteiger partial charge in [-0.15, -0.1) is 0 Å². The molecular formula is C34H74N2O4Si2. The molecule has 6 nitrogen and oxygen atoms in total. The summed E-state index contributed by atoms with van der Waals surface area (Å²) in [4.78, 5) is 2.61. The molecule has 252 valence electrons. The number of hydrogen-bond donors (Lipinski definition) is 0. The summed E-state index contributed by atoms with van der Waals surface area (Å²) in [6, 6.07) is 0.891. The third-order valence-electron chi connectivity index (χ3n) is 8.70. The fourth-order valence-corrected chi connectivity index (χ4v) is 10.1. The lowest BCUT2D eigenvalue weighted by atomic mass is 10.0. The Morgan fingerprint density at radius 2 is 0.976 bits per heavy atom. The predicted octanol–water partition coefficient (Wildman–Crippen LogP) is 9.14. The standard InChI is InChI=1S/C34H74N2O4Si2/c1-7-10-11-12-13-14-15-16-17-18-19-20-21-22-23-24-31-37-32-33-40-42(38-8-2,39-9-3)34-25-26-35-27-29-36(30-28-35)41(4,5)6/h7-34H2,1-6H3. The van der Waals surface area contributed by atoms with Crippen molar-refractivity contribution in [2.75, 3.05) is 65.8 Å². The Hall–Kier alpha value is 0.194. The number of ether oxygens (including phenoxy) is 1. The van der Waals surface area contributed by atoms with Crippen LogP contribution in [0.1, 0.15) is 130 Å². The molecule has 0 aromatic carbocycles. The van der Waals surface area contributed by atoms with Gasteiger partial charge >= 0.3 is 8.80 Å². The Kier molecular flexibility index (Phi) is 25.3. The van der Waals surface area contributed by atoms with Crippen molar-refractivity contribution in [2.24, 2.45) is 0 Å². The van der Waals surface area contributed by atoms with E-state index in [1.165, 1.54) is 122 Å². The number of rotatable bonds is 30. The summed E-state index contributed by atoms with van der Waals surface area (Å²) in [5, 5.41) is 0. The average Bonchev–Trinajstić information content (AvgIpc) is 2.96. The van der Waals surface area contributed by atoms with Crippen molar-refractivity contribution in [3.05, 3.63) is 0 Å². The van der Waals surface area contributed by atoms with Gasteiger partial charge in [-0.3, -0.25) is 0 Å². The highest BCUT2D eigenvalue weighted by Crippen LogP contribution is 2.20.